The first-order chi connectivity index (χ1) is 14.2. The third-order valence-corrected chi connectivity index (χ3v) is 4.70. The van der Waals surface area contributed by atoms with Crippen molar-refractivity contribution in [1.29, 1.82) is 0 Å². The van der Waals surface area contributed by atoms with Gasteiger partial charge >= 0.3 is 6.18 Å². The van der Waals surface area contributed by atoms with Gasteiger partial charge in [0.15, 0.2) is 5.96 Å². The van der Waals surface area contributed by atoms with E-state index in [9.17, 15) is 18.0 Å². The summed E-state index contributed by atoms with van der Waals surface area (Å²) in [4.78, 5) is 18.4. The highest BCUT2D eigenvalue weighted by atomic mass is 127. The van der Waals surface area contributed by atoms with E-state index in [0.29, 0.717) is 32.0 Å². The summed E-state index contributed by atoms with van der Waals surface area (Å²) in [5.41, 5.74) is 0.237. The molecule has 1 aromatic rings. The van der Waals surface area contributed by atoms with Crippen LogP contribution in [0.25, 0.3) is 0 Å². The van der Waals surface area contributed by atoms with Crippen molar-refractivity contribution in [2.75, 3.05) is 26.2 Å². The highest BCUT2D eigenvalue weighted by Crippen LogP contribution is 2.29. The molecule has 0 saturated carbocycles. The number of benzene rings is 1. The van der Waals surface area contributed by atoms with Crippen molar-refractivity contribution >= 4 is 35.8 Å². The average Bonchev–Trinajstić information content (AvgIpc) is 3.07. The monoisotopic (exact) mass is 555 g/mol. The molecule has 1 heterocycles. The number of hydrogen-bond donors (Lipinski definition) is 3. The summed E-state index contributed by atoms with van der Waals surface area (Å²) in [6.45, 7) is 9.18. The van der Waals surface area contributed by atoms with Crippen LogP contribution in [0.3, 0.4) is 0 Å². The van der Waals surface area contributed by atoms with Crippen LogP contribution in [-0.4, -0.2) is 55.0 Å². The number of halogens is 4. The second-order valence-corrected chi connectivity index (χ2v) is 7.79. The second-order valence-electron chi connectivity index (χ2n) is 7.79. The summed E-state index contributed by atoms with van der Waals surface area (Å²) in [5.74, 6) is 0.657. The van der Waals surface area contributed by atoms with Gasteiger partial charge in [0.25, 0.3) is 0 Å². The summed E-state index contributed by atoms with van der Waals surface area (Å²) in [5, 5.41) is 9.43. The van der Waals surface area contributed by atoms with Crippen LogP contribution in [-0.2, 0) is 17.5 Å². The summed E-state index contributed by atoms with van der Waals surface area (Å²) in [7, 11) is 0. The lowest BCUT2D eigenvalue weighted by atomic mass is 10.1. The number of rotatable bonds is 8. The first-order valence-electron chi connectivity index (χ1n) is 10.4. The smallest absolute Gasteiger partial charge is 0.357 e. The van der Waals surface area contributed by atoms with Crippen molar-refractivity contribution in [3.8, 4) is 0 Å². The number of alkyl halides is 3. The van der Waals surface area contributed by atoms with Gasteiger partial charge in [0.05, 0.1) is 12.1 Å². The number of carbonyl (C=O) groups excluding carboxylic acids is 1. The zero-order chi connectivity index (χ0) is 22.1. The number of aliphatic imine (C=N–C) groups is 1. The normalized spacial score (nSPS) is 17.4. The molecule has 3 N–H and O–H groups in total. The number of likely N-dealkylation sites (tertiary alicyclic amines) is 1. The Morgan fingerprint density at radius 2 is 1.94 bits per heavy atom. The van der Waals surface area contributed by atoms with Gasteiger partial charge in [-0.3, -0.25) is 14.7 Å². The van der Waals surface area contributed by atoms with E-state index in [1.54, 1.807) is 0 Å². The Bertz CT molecular complexity index is 710. The summed E-state index contributed by atoms with van der Waals surface area (Å²) in [6.07, 6.45) is -3.06. The number of amides is 1. The molecule has 1 amide bonds. The van der Waals surface area contributed by atoms with Crippen molar-refractivity contribution in [3.05, 3.63) is 35.4 Å². The fraction of sp³-hybridized carbons (Fsp3) is 0.619. The summed E-state index contributed by atoms with van der Waals surface area (Å²) >= 11 is 0. The van der Waals surface area contributed by atoms with E-state index in [0.717, 1.165) is 37.2 Å². The highest BCUT2D eigenvalue weighted by molar-refractivity contribution is 14.0. The number of hydrogen-bond acceptors (Lipinski definition) is 3. The average molecular weight is 555 g/mol. The van der Waals surface area contributed by atoms with Crippen molar-refractivity contribution in [1.82, 2.24) is 20.9 Å². The minimum absolute atomic E-state index is 0. The van der Waals surface area contributed by atoms with Crippen molar-refractivity contribution in [2.45, 2.75) is 58.4 Å². The van der Waals surface area contributed by atoms with Crippen LogP contribution in [0.2, 0.25) is 0 Å². The predicted molar refractivity (Wildman–Crippen MR) is 128 cm³/mol. The van der Waals surface area contributed by atoms with E-state index in [4.69, 9.17) is 0 Å². The molecule has 10 heteroatoms. The molecule has 1 aromatic carbocycles. The van der Waals surface area contributed by atoms with Crippen LogP contribution < -0.4 is 16.0 Å². The number of nitrogens with zero attached hydrogens (tertiary/aromatic N) is 2. The van der Waals surface area contributed by atoms with Crippen LogP contribution >= 0.6 is 24.0 Å². The maximum absolute atomic E-state index is 12.7. The van der Waals surface area contributed by atoms with Crippen molar-refractivity contribution in [2.24, 2.45) is 4.99 Å². The van der Waals surface area contributed by atoms with Gasteiger partial charge < -0.3 is 16.0 Å². The first kappa shape index (κ1) is 27.5. The number of carbonyl (C=O) groups is 1. The maximum Gasteiger partial charge on any atom is 0.416 e. The molecule has 1 atom stereocenters. The van der Waals surface area contributed by atoms with E-state index in [1.165, 1.54) is 12.1 Å². The minimum atomic E-state index is -4.31. The molecule has 0 bridgehead atoms. The quantitative estimate of drug-likeness (QED) is 0.262. The zero-order valence-corrected chi connectivity index (χ0v) is 20.6. The van der Waals surface area contributed by atoms with E-state index in [-0.39, 0.29) is 42.0 Å². The van der Waals surface area contributed by atoms with Crippen LogP contribution in [0.4, 0.5) is 13.2 Å². The Kier molecular flexibility index (Phi) is 11.6. The molecule has 2 rings (SSSR count). The Morgan fingerprint density at radius 1 is 1.26 bits per heavy atom. The Labute approximate surface area is 199 Å². The molecule has 0 aromatic heterocycles. The van der Waals surface area contributed by atoms with Crippen LogP contribution in [0.15, 0.2) is 29.3 Å². The van der Waals surface area contributed by atoms with Crippen molar-refractivity contribution in [3.63, 3.8) is 0 Å². The molecule has 6 nitrogen and oxygen atoms in total. The fourth-order valence-electron chi connectivity index (χ4n) is 3.33. The number of nitrogens with one attached hydrogen (secondary N) is 3. The van der Waals surface area contributed by atoms with E-state index in [2.05, 4.69) is 25.8 Å². The van der Waals surface area contributed by atoms with Gasteiger partial charge in [0.1, 0.15) is 0 Å². The summed E-state index contributed by atoms with van der Waals surface area (Å²) in [6, 6.07) is 5.65. The van der Waals surface area contributed by atoms with Gasteiger partial charge in [0.2, 0.25) is 5.91 Å². The molecule has 1 aliphatic rings. The topological polar surface area (TPSA) is 68.8 Å². The van der Waals surface area contributed by atoms with Gasteiger partial charge in [-0.15, -0.1) is 24.0 Å². The third-order valence-electron chi connectivity index (χ3n) is 4.70. The standard InChI is InChI=1S/C21H32F3N5O.HI/c1-4-25-20(26-11-9-19(30)27-15(2)3)28-18-10-12-29(14-18)13-16-5-7-17(8-6-16)21(22,23)24;/h5-8,15,18H,4,9-14H2,1-3H3,(H,27,30)(H2,25,26,28);1H. The SMILES string of the molecule is CCNC(=NCCC(=O)NC(C)C)NC1CCN(Cc2ccc(C(F)(F)F)cc2)C1.I. The van der Waals surface area contributed by atoms with Crippen molar-refractivity contribution < 1.29 is 18.0 Å². The highest BCUT2D eigenvalue weighted by Gasteiger charge is 2.30. The Hall–Kier alpha value is -1.56. The van der Waals surface area contributed by atoms with E-state index >= 15 is 0 Å². The molecular weight excluding hydrogens is 522 g/mol. The van der Waals surface area contributed by atoms with Gasteiger partial charge in [-0.1, -0.05) is 12.1 Å². The molecule has 176 valence electrons. The van der Waals surface area contributed by atoms with Crippen LogP contribution in [0.1, 0.15) is 44.7 Å². The van der Waals surface area contributed by atoms with Gasteiger partial charge in [-0.25, -0.2) is 0 Å². The molecule has 1 unspecified atom stereocenters. The molecule has 31 heavy (non-hydrogen) atoms. The Balaban J connectivity index is 0.00000480. The molecular formula is C21H33F3IN5O. The largest absolute Gasteiger partial charge is 0.416 e. The number of guanidine groups is 1. The summed E-state index contributed by atoms with van der Waals surface area (Å²) < 4.78 is 38.1. The molecule has 0 radical (unpaired) electrons. The lowest BCUT2D eigenvalue weighted by Crippen LogP contribution is -2.44. The second kappa shape index (κ2) is 13.1. The van der Waals surface area contributed by atoms with Crippen LogP contribution in [0.5, 0.6) is 0 Å². The van der Waals surface area contributed by atoms with Crippen LogP contribution in [0, 0.1) is 0 Å². The lowest BCUT2D eigenvalue weighted by molar-refractivity contribution is -0.137. The third kappa shape index (κ3) is 10.1. The molecule has 1 aliphatic heterocycles. The molecule has 1 saturated heterocycles. The van der Waals surface area contributed by atoms with E-state index in [1.807, 2.05) is 20.8 Å². The fourth-order valence-corrected chi connectivity index (χ4v) is 3.33. The predicted octanol–water partition coefficient (Wildman–Crippen LogP) is 3.37. The van der Waals surface area contributed by atoms with Gasteiger partial charge in [0, 0.05) is 44.7 Å². The minimum Gasteiger partial charge on any atom is -0.357 e. The molecule has 0 aliphatic carbocycles. The molecule has 0 spiro atoms. The maximum atomic E-state index is 12.7. The Morgan fingerprint density at radius 3 is 2.52 bits per heavy atom. The lowest BCUT2D eigenvalue weighted by Gasteiger charge is -2.19. The van der Waals surface area contributed by atoms with E-state index < -0.39 is 11.7 Å². The van der Waals surface area contributed by atoms with Gasteiger partial charge in [-0.05, 0) is 44.9 Å². The molecule has 1 fully saturated rings. The first-order valence-corrected chi connectivity index (χ1v) is 10.4. The zero-order valence-electron chi connectivity index (χ0n) is 18.3. The van der Waals surface area contributed by atoms with Gasteiger partial charge in [-0.2, -0.15) is 13.2 Å².